The standard InChI is InChI=1S/C12H15O.BrH.Mg/c1-3-4-5-9-13-12-8-6-7-11(2)10-12;;/h3,6,8,10H,1,4-5,9H2,2H3;1H;/q-1;;+2/p-1. The van der Waals surface area contributed by atoms with E-state index in [1.807, 2.05) is 31.2 Å². The first-order valence-corrected chi connectivity index (χ1v) is 4.55. The Labute approximate surface area is 119 Å². The number of aryl methyl sites for hydroxylation is 1. The fourth-order valence-electron chi connectivity index (χ4n) is 1.07. The van der Waals surface area contributed by atoms with Crippen LogP contribution in [0.3, 0.4) is 0 Å². The van der Waals surface area contributed by atoms with Gasteiger partial charge in [-0.05, 0) is 12.8 Å². The largest absolute Gasteiger partial charge is 2.00 e. The molecule has 0 aliphatic rings. The molecule has 0 heterocycles. The van der Waals surface area contributed by atoms with Crippen molar-refractivity contribution in [2.45, 2.75) is 19.8 Å². The first-order valence-electron chi connectivity index (χ1n) is 4.55. The Bertz CT molecular complexity index is 276. The number of benzene rings is 1. The zero-order valence-electron chi connectivity index (χ0n) is 9.13. The first kappa shape index (κ1) is 17.4. The van der Waals surface area contributed by atoms with Gasteiger partial charge in [0.25, 0.3) is 0 Å². The Morgan fingerprint density at radius 3 is 2.87 bits per heavy atom. The zero-order chi connectivity index (χ0) is 9.52. The van der Waals surface area contributed by atoms with E-state index in [1.54, 1.807) is 0 Å². The van der Waals surface area contributed by atoms with Gasteiger partial charge < -0.3 is 21.7 Å². The second kappa shape index (κ2) is 10.5. The number of unbranched alkanes of at least 4 members (excludes halogenated alkanes) is 1. The molecule has 0 bridgehead atoms. The SMILES string of the molecule is C=CCCCOc1cc[c-]c(C)c1.[Br-].[Mg+2]. The molecule has 0 atom stereocenters. The van der Waals surface area contributed by atoms with Crippen LogP contribution in [0.4, 0.5) is 0 Å². The Kier molecular flexibility index (Phi) is 12.2. The van der Waals surface area contributed by atoms with Crippen LogP contribution in [0.5, 0.6) is 5.75 Å². The summed E-state index contributed by atoms with van der Waals surface area (Å²) in [6.07, 6.45) is 3.95. The molecule has 0 aromatic heterocycles. The van der Waals surface area contributed by atoms with E-state index in [4.69, 9.17) is 4.74 Å². The van der Waals surface area contributed by atoms with Gasteiger partial charge >= 0.3 is 23.1 Å². The smallest absolute Gasteiger partial charge is 1.00 e. The van der Waals surface area contributed by atoms with Crippen LogP contribution in [0, 0.1) is 13.0 Å². The normalized spacial score (nSPS) is 8.33. The van der Waals surface area contributed by atoms with Crippen molar-refractivity contribution >= 4 is 23.1 Å². The van der Waals surface area contributed by atoms with Crippen LogP contribution in [0.15, 0.2) is 30.9 Å². The second-order valence-corrected chi connectivity index (χ2v) is 2.99. The quantitative estimate of drug-likeness (QED) is 0.313. The number of hydrogen-bond acceptors (Lipinski definition) is 1. The molecule has 0 unspecified atom stereocenters. The van der Waals surface area contributed by atoms with Crippen LogP contribution >= 0.6 is 0 Å². The van der Waals surface area contributed by atoms with Crippen molar-refractivity contribution in [1.82, 2.24) is 0 Å². The Balaban J connectivity index is 0. The van der Waals surface area contributed by atoms with E-state index in [2.05, 4.69) is 12.6 Å². The van der Waals surface area contributed by atoms with Crippen molar-refractivity contribution in [3.8, 4) is 5.75 Å². The molecule has 0 fully saturated rings. The molecule has 0 saturated carbocycles. The zero-order valence-corrected chi connectivity index (χ0v) is 12.1. The van der Waals surface area contributed by atoms with Crippen molar-refractivity contribution < 1.29 is 21.7 Å². The van der Waals surface area contributed by atoms with E-state index in [-0.39, 0.29) is 40.0 Å². The third-order valence-corrected chi connectivity index (χ3v) is 1.74. The van der Waals surface area contributed by atoms with Gasteiger partial charge in [0.2, 0.25) is 0 Å². The average molecular weight is 279 g/mol. The summed E-state index contributed by atoms with van der Waals surface area (Å²) in [5.41, 5.74) is 1.11. The maximum absolute atomic E-state index is 5.52. The molecule has 0 aliphatic heterocycles. The van der Waals surface area contributed by atoms with Crippen molar-refractivity contribution in [3.05, 3.63) is 42.5 Å². The molecule has 3 heteroatoms. The molecule has 0 spiro atoms. The van der Waals surface area contributed by atoms with Crippen LogP contribution in [0.2, 0.25) is 0 Å². The number of allylic oxidation sites excluding steroid dienone is 1. The summed E-state index contributed by atoms with van der Waals surface area (Å²) in [6, 6.07) is 8.89. The van der Waals surface area contributed by atoms with Gasteiger partial charge in [-0.25, -0.2) is 0 Å². The summed E-state index contributed by atoms with van der Waals surface area (Å²) in [6.45, 7) is 6.43. The fourth-order valence-corrected chi connectivity index (χ4v) is 1.07. The predicted octanol–water partition coefficient (Wildman–Crippen LogP) is -0.237. The van der Waals surface area contributed by atoms with E-state index < -0.39 is 0 Å². The average Bonchev–Trinajstić information content (AvgIpc) is 2.13. The number of ether oxygens (including phenoxy) is 1. The third kappa shape index (κ3) is 7.88. The summed E-state index contributed by atoms with van der Waals surface area (Å²) in [4.78, 5) is 0. The topological polar surface area (TPSA) is 9.23 Å². The van der Waals surface area contributed by atoms with Crippen LogP contribution in [-0.2, 0) is 0 Å². The van der Waals surface area contributed by atoms with Crippen LogP contribution in [-0.4, -0.2) is 29.7 Å². The minimum absolute atomic E-state index is 0. The fraction of sp³-hybridized carbons (Fsp3) is 0.333. The van der Waals surface area contributed by atoms with Crippen molar-refractivity contribution in [3.63, 3.8) is 0 Å². The van der Waals surface area contributed by atoms with Gasteiger partial charge in [-0.3, -0.25) is 0 Å². The summed E-state index contributed by atoms with van der Waals surface area (Å²) in [5.74, 6) is 0.931. The molecule has 0 radical (unpaired) electrons. The van der Waals surface area contributed by atoms with Gasteiger partial charge in [0.1, 0.15) is 0 Å². The van der Waals surface area contributed by atoms with Gasteiger partial charge in [0, 0.05) is 5.75 Å². The van der Waals surface area contributed by atoms with Crippen LogP contribution < -0.4 is 21.7 Å². The predicted molar refractivity (Wildman–Crippen MR) is 60.7 cm³/mol. The summed E-state index contributed by atoms with van der Waals surface area (Å²) < 4.78 is 5.52. The second-order valence-electron chi connectivity index (χ2n) is 2.99. The monoisotopic (exact) mass is 278 g/mol. The molecule has 1 aromatic carbocycles. The summed E-state index contributed by atoms with van der Waals surface area (Å²) >= 11 is 0. The molecule has 1 nitrogen and oxygen atoms in total. The minimum atomic E-state index is 0. The molecule has 1 rings (SSSR count). The van der Waals surface area contributed by atoms with Gasteiger partial charge in [-0.1, -0.05) is 13.0 Å². The van der Waals surface area contributed by atoms with Crippen molar-refractivity contribution in [2.24, 2.45) is 0 Å². The molecule has 0 N–H and O–H groups in total. The van der Waals surface area contributed by atoms with Gasteiger partial charge in [-0.15, -0.1) is 18.7 Å². The molecular formula is C12H15BrMgO. The summed E-state index contributed by atoms with van der Waals surface area (Å²) in [5, 5.41) is 0. The first-order chi connectivity index (χ1) is 6.33. The van der Waals surface area contributed by atoms with E-state index >= 15 is 0 Å². The maximum Gasteiger partial charge on any atom is 2.00 e. The Hall–Kier alpha value is 0.00623. The van der Waals surface area contributed by atoms with Crippen molar-refractivity contribution in [2.75, 3.05) is 6.61 Å². The molecule has 1 aromatic rings. The third-order valence-electron chi connectivity index (χ3n) is 1.74. The van der Waals surface area contributed by atoms with Crippen molar-refractivity contribution in [1.29, 1.82) is 0 Å². The number of hydrogen-bond donors (Lipinski definition) is 0. The van der Waals surface area contributed by atoms with Gasteiger partial charge in [0.05, 0.1) is 6.61 Å². The van der Waals surface area contributed by atoms with E-state index in [0.717, 1.165) is 30.8 Å². The number of rotatable bonds is 5. The van der Waals surface area contributed by atoms with Crippen LogP contribution in [0.1, 0.15) is 18.4 Å². The molecule has 0 amide bonds. The number of halogens is 1. The van der Waals surface area contributed by atoms with E-state index in [1.165, 1.54) is 0 Å². The molecular weight excluding hydrogens is 264 g/mol. The summed E-state index contributed by atoms with van der Waals surface area (Å²) in [7, 11) is 0. The van der Waals surface area contributed by atoms with Crippen LogP contribution in [0.25, 0.3) is 0 Å². The van der Waals surface area contributed by atoms with Gasteiger partial charge in [0.15, 0.2) is 0 Å². The molecule has 0 saturated heterocycles. The Morgan fingerprint density at radius 2 is 2.27 bits per heavy atom. The molecule has 15 heavy (non-hydrogen) atoms. The minimum Gasteiger partial charge on any atom is -1.00 e. The van der Waals surface area contributed by atoms with E-state index in [0.29, 0.717) is 0 Å². The van der Waals surface area contributed by atoms with Gasteiger partial charge in [-0.2, -0.15) is 17.7 Å². The molecule has 0 aliphatic carbocycles. The Morgan fingerprint density at radius 1 is 1.53 bits per heavy atom. The maximum atomic E-state index is 5.52. The van der Waals surface area contributed by atoms with E-state index in [9.17, 15) is 0 Å². The molecule has 78 valence electrons.